The van der Waals surface area contributed by atoms with Crippen LogP contribution in [0.4, 0.5) is 0 Å². The van der Waals surface area contributed by atoms with Crippen LogP contribution in [0.1, 0.15) is 58.3 Å². The number of hydrogen-bond acceptors (Lipinski definition) is 2. The highest BCUT2D eigenvalue weighted by Crippen LogP contribution is 2.40. The van der Waals surface area contributed by atoms with Crippen LogP contribution in [0.5, 0.6) is 0 Å². The molecule has 1 saturated heterocycles. The fraction of sp³-hybridized carbons (Fsp3) is 0.929. The summed E-state index contributed by atoms with van der Waals surface area (Å²) < 4.78 is 0. The zero-order valence-electron chi connectivity index (χ0n) is 11.1. The third-order valence-corrected chi connectivity index (χ3v) is 4.68. The molecule has 1 saturated carbocycles. The summed E-state index contributed by atoms with van der Waals surface area (Å²) in [6.07, 6.45) is 9.86. The topological polar surface area (TPSA) is 41.1 Å². The maximum Gasteiger partial charge on any atom is 0.237 e. The molecule has 1 aliphatic carbocycles. The van der Waals surface area contributed by atoms with Gasteiger partial charge in [0, 0.05) is 6.54 Å². The minimum absolute atomic E-state index is 0.0686. The number of amides is 1. The second kappa shape index (κ2) is 5.85. The van der Waals surface area contributed by atoms with Gasteiger partial charge in [0.2, 0.25) is 5.91 Å². The van der Waals surface area contributed by atoms with Gasteiger partial charge in [-0.15, -0.1) is 0 Å². The highest BCUT2D eigenvalue weighted by atomic mass is 16.2. The fourth-order valence-electron chi connectivity index (χ4n) is 3.25. The van der Waals surface area contributed by atoms with Gasteiger partial charge in [-0.05, 0) is 44.1 Å². The van der Waals surface area contributed by atoms with Crippen LogP contribution >= 0.6 is 0 Å². The molecule has 1 atom stereocenters. The first kappa shape index (κ1) is 12.9. The van der Waals surface area contributed by atoms with Crippen molar-refractivity contribution in [3.05, 3.63) is 0 Å². The molecule has 2 rings (SSSR count). The normalized spacial score (nSPS) is 27.9. The number of piperidine rings is 1. The van der Waals surface area contributed by atoms with Crippen LogP contribution in [0.15, 0.2) is 0 Å². The average molecular weight is 238 g/mol. The Morgan fingerprint density at radius 1 is 1.29 bits per heavy atom. The molecule has 1 amide bonds. The van der Waals surface area contributed by atoms with Gasteiger partial charge in [-0.25, -0.2) is 0 Å². The lowest BCUT2D eigenvalue weighted by Crippen LogP contribution is -2.48. The molecule has 2 fully saturated rings. The minimum atomic E-state index is 0.0686. The molecule has 0 aromatic carbocycles. The Labute approximate surface area is 105 Å². The van der Waals surface area contributed by atoms with E-state index in [0.29, 0.717) is 5.41 Å². The smallest absolute Gasteiger partial charge is 0.237 e. The van der Waals surface area contributed by atoms with Crippen molar-refractivity contribution < 1.29 is 4.79 Å². The summed E-state index contributed by atoms with van der Waals surface area (Å²) in [6, 6.07) is 0.0686. The van der Waals surface area contributed by atoms with Gasteiger partial charge in [0.05, 0.1) is 6.04 Å². The summed E-state index contributed by atoms with van der Waals surface area (Å²) in [5.41, 5.74) is 0.407. The molecule has 2 aliphatic rings. The number of nitrogens with one attached hydrogen (secondary N) is 2. The van der Waals surface area contributed by atoms with Gasteiger partial charge in [-0.1, -0.05) is 26.2 Å². The Hall–Kier alpha value is -0.570. The van der Waals surface area contributed by atoms with Gasteiger partial charge in [-0.3, -0.25) is 4.79 Å². The van der Waals surface area contributed by atoms with Crippen LogP contribution in [0.2, 0.25) is 0 Å². The van der Waals surface area contributed by atoms with E-state index in [1.807, 2.05) is 0 Å². The van der Waals surface area contributed by atoms with Gasteiger partial charge in [-0.2, -0.15) is 0 Å². The SMILES string of the molecule is CCC1(CNC(=O)C2CCCCN2)CCCC1. The standard InChI is InChI=1S/C14H26N2O/c1-2-14(8-4-5-9-14)11-16-13(17)12-7-3-6-10-15-12/h12,15H,2-11H2,1H3,(H,16,17). The molecule has 17 heavy (non-hydrogen) atoms. The van der Waals surface area contributed by atoms with E-state index in [0.717, 1.165) is 19.5 Å². The van der Waals surface area contributed by atoms with Crippen molar-refractivity contribution in [3.63, 3.8) is 0 Å². The second-order valence-electron chi connectivity index (χ2n) is 5.78. The highest BCUT2D eigenvalue weighted by molar-refractivity contribution is 5.81. The van der Waals surface area contributed by atoms with E-state index in [-0.39, 0.29) is 11.9 Å². The molecule has 0 aromatic rings. The molecule has 0 aromatic heterocycles. The zero-order valence-corrected chi connectivity index (χ0v) is 11.1. The number of hydrogen-bond donors (Lipinski definition) is 2. The van der Waals surface area contributed by atoms with E-state index in [1.165, 1.54) is 44.9 Å². The van der Waals surface area contributed by atoms with Gasteiger partial charge >= 0.3 is 0 Å². The lowest BCUT2D eigenvalue weighted by Gasteiger charge is -2.29. The molecule has 0 bridgehead atoms. The van der Waals surface area contributed by atoms with Crippen LogP contribution in [0, 0.1) is 5.41 Å². The number of rotatable bonds is 4. The molecule has 98 valence electrons. The first-order valence-corrected chi connectivity index (χ1v) is 7.27. The van der Waals surface area contributed by atoms with Crippen molar-refractivity contribution in [2.24, 2.45) is 5.41 Å². The Kier molecular flexibility index (Phi) is 4.43. The van der Waals surface area contributed by atoms with Crippen LogP contribution in [-0.4, -0.2) is 25.0 Å². The molecular formula is C14H26N2O. The highest BCUT2D eigenvalue weighted by Gasteiger charge is 2.33. The van der Waals surface area contributed by atoms with E-state index in [1.54, 1.807) is 0 Å². The number of carbonyl (C=O) groups is 1. The summed E-state index contributed by atoms with van der Waals surface area (Å²) in [5, 5.41) is 6.50. The van der Waals surface area contributed by atoms with Crippen LogP contribution in [-0.2, 0) is 4.79 Å². The predicted octanol–water partition coefficient (Wildman–Crippen LogP) is 2.22. The average Bonchev–Trinajstić information content (AvgIpc) is 2.86. The van der Waals surface area contributed by atoms with Crippen molar-refractivity contribution >= 4 is 5.91 Å². The van der Waals surface area contributed by atoms with Crippen LogP contribution in [0.25, 0.3) is 0 Å². The molecule has 0 radical (unpaired) electrons. The fourth-order valence-corrected chi connectivity index (χ4v) is 3.25. The Bertz CT molecular complexity index is 253. The molecule has 0 spiro atoms. The summed E-state index contributed by atoms with van der Waals surface area (Å²) in [6.45, 7) is 4.15. The largest absolute Gasteiger partial charge is 0.354 e. The van der Waals surface area contributed by atoms with E-state index in [4.69, 9.17) is 0 Å². The van der Waals surface area contributed by atoms with E-state index >= 15 is 0 Å². The molecule has 3 nitrogen and oxygen atoms in total. The number of carbonyl (C=O) groups excluding carboxylic acids is 1. The van der Waals surface area contributed by atoms with Crippen LogP contribution in [0.3, 0.4) is 0 Å². The maximum absolute atomic E-state index is 12.0. The first-order valence-electron chi connectivity index (χ1n) is 7.27. The van der Waals surface area contributed by atoms with Crippen molar-refractivity contribution in [1.29, 1.82) is 0 Å². The molecule has 2 N–H and O–H groups in total. The van der Waals surface area contributed by atoms with E-state index in [9.17, 15) is 4.79 Å². The first-order chi connectivity index (χ1) is 8.26. The Morgan fingerprint density at radius 2 is 2.06 bits per heavy atom. The molecule has 1 aliphatic heterocycles. The molecule has 1 heterocycles. The van der Waals surface area contributed by atoms with Gasteiger partial charge in [0.15, 0.2) is 0 Å². The summed E-state index contributed by atoms with van der Waals surface area (Å²) in [5.74, 6) is 0.226. The van der Waals surface area contributed by atoms with Crippen molar-refractivity contribution in [3.8, 4) is 0 Å². The van der Waals surface area contributed by atoms with Gasteiger partial charge < -0.3 is 10.6 Å². The molecular weight excluding hydrogens is 212 g/mol. The lowest BCUT2D eigenvalue weighted by atomic mass is 9.83. The summed E-state index contributed by atoms with van der Waals surface area (Å²) in [4.78, 5) is 12.0. The third-order valence-electron chi connectivity index (χ3n) is 4.68. The zero-order chi connectivity index (χ0) is 12.1. The van der Waals surface area contributed by atoms with E-state index < -0.39 is 0 Å². The van der Waals surface area contributed by atoms with Gasteiger partial charge in [0.25, 0.3) is 0 Å². The van der Waals surface area contributed by atoms with Crippen molar-refractivity contribution in [2.45, 2.75) is 64.3 Å². The molecule has 3 heteroatoms. The minimum Gasteiger partial charge on any atom is -0.354 e. The molecule has 1 unspecified atom stereocenters. The monoisotopic (exact) mass is 238 g/mol. The van der Waals surface area contributed by atoms with Gasteiger partial charge in [0.1, 0.15) is 0 Å². The van der Waals surface area contributed by atoms with Crippen LogP contribution < -0.4 is 10.6 Å². The van der Waals surface area contributed by atoms with Crippen molar-refractivity contribution in [2.75, 3.05) is 13.1 Å². The Morgan fingerprint density at radius 3 is 2.65 bits per heavy atom. The summed E-state index contributed by atoms with van der Waals surface area (Å²) in [7, 11) is 0. The van der Waals surface area contributed by atoms with Crippen molar-refractivity contribution in [1.82, 2.24) is 10.6 Å². The second-order valence-corrected chi connectivity index (χ2v) is 5.78. The quantitative estimate of drug-likeness (QED) is 0.788. The third kappa shape index (κ3) is 3.21. The Balaban J connectivity index is 1.78. The maximum atomic E-state index is 12.0. The van der Waals surface area contributed by atoms with E-state index in [2.05, 4.69) is 17.6 Å². The summed E-state index contributed by atoms with van der Waals surface area (Å²) >= 11 is 0. The predicted molar refractivity (Wildman–Crippen MR) is 69.8 cm³/mol. The lowest BCUT2D eigenvalue weighted by molar-refractivity contribution is -0.124.